The summed E-state index contributed by atoms with van der Waals surface area (Å²) in [4.78, 5) is 0. The Bertz CT molecular complexity index is 177. The van der Waals surface area contributed by atoms with E-state index < -0.39 is 0 Å². The van der Waals surface area contributed by atoms with Crippen molar-refractivity contribution in [3.05, 3.63) is 23.3 Å². The van der Waals surface area contributed by atoms with E-state index in [-0.39, 0.29) is 0 Å². The minimum Gasteiger partial charge on any atom is -0.396 e. The average molecular weight is 152 g/mol. The van der Waals surface area contributed by atoms with Crippen molar-refractivity contribution in [3.8, 4) is 0 Å². The third-order valence-electron chi connectivity index (χ3n) is 2.08. The summed E-state index contributed by atoms with van der Waals surface area (Å²) in [7, 11) is 0. The molecule has 0 bridgehead atoms. The number of rotatable bonds is 3. The predicted molar refractivity (Wildman–Crippen MR) is 47.4 cm³/mol. The average Bonchev–Trinajstić information content (AvgIpc) is 2.04. The minimum absolute atomic E-state index is 0.319. The van der Waals surface area contributed by atoms with Crippen molar-refractivity contribution in [3.63, 3.8) is 0 Å². The maximum atomic E-state index is 8.61. The Morgan fingerprint density at radius 1 is 1.36 bits per heavy atom. The van der Waals surface area contributed by atoms with E-state index in [2.05, 4.69) is 19.1 Å². The summed E-state index contributed by atoms with van der Waals surface area (Å²) >= 11 is 0. The molecule has 0 aromatic heterocycles. The van der Waals surface area contributed by atoms with Gasteiger partial charge in [0.2, 0.25) is 0 Å². The zero-order valence-corrected chi connectivity index (χ0v) is 7.14. The number of hydrogen-bond donors (Lipinski definition) is 1. The highest BCUT2D eigenvalue weighted by atomic mass is 16.2. The van der Waals surface area contributed by atoms with Crippen LogP contribution in [-0.2, 0) is 0 Å². The predicted octanol–water partition coefficient (Wildman–Crippen LogP) is 2.43. The molecular formula is C10H16O. The van der Waals surface area contributed by atoms with Gasteiger partial charge in [-0.2, -0.15) is 0 Å². The van der Waals surface area contributed by atoms with Crippen LogP contribution in [0.5, 0.6) is 0 Å². The van der Waals surface area contributed by atoms with Crippen LogP contribution in [0.2, 0.25) is 0 Å². The second-order valence-electron chi connectivity index (χ2n) is 3.15. The topological polar surface area (TPSA) is 20.2 Å². The van der Waals surface area contributed by atoms with Gasteiger partial charge in [-0.3, -0.25) is 0 Å². The molecule has 62 valence electrons. The lowest BCUT2D eigenvalue weighted by Crippen LogP contribution is -1.92. The second-order valence-corrected chi connectivity index (χ2v) is 3.15. The largest absolute Gasteiger partial charge is 0.396 e. The molecule has 0 unspecified atom stereocenters. The van der Waals surface area contributed by atoms with Crippen LogP contribution >= 0.6 is 0 Å². The first-order chi connectivity index (χ1) is 5.33. The number of aliphatic hydroxyl groups excluding tert-OH is 1. The fourth-order valence-corrected chi connectivity index (χ4v) is 1.29. The molecule has 0 heterocycles. The summed E-state index contributed by atoms with van der Waals surface area (Å²) in [6.45, 7) is 2.49. The van der Waals surface area contributed by atoms with Crippen molar-refractivity contribution < 1.29 is 5.11 Å². The van der Waals surface area contributed by atoms with Gasteiger partial charge in [0.05, 0.1) is 0 Å². The molecule has 11 heavy (non-hydrogen) atoms. The molecule has 0 saturated heterocycles. The molecule has 1 nitrogen and oxygen atoms in total. The zero-order valence-electron chi connectivity index (χ0n) is 7.14. The van der Waals surface area contributed by atoms with E-state index in [0.717, 1.165) is 25.7 Å². The van der Waals surface area contributed by atoms with Crippen LogP contribution in [0.15, 0.2) is 23.3 Å². The van der Waals surface area contributed by atoms with Crippen LogP contribution < -0.4 is 0 Å². The molecule has 0 saturated carbocycles. The molecule has 0 aromatic carbocycles. The Morgan fingerprint density at radius 3 is 2.73 bits per heavy atom. The van der Waals surface area contributed by atoms with Crippen molar-refractivity contribution in [1.29, 1.82) is 0 Å². The standard InChI is InChI=1S/C10H16O/c1-9-4-6-10(7-5-9)3-2-8-11/h4,7,11H,2-3,5-6,8H2,1H3. The Balaban J connectivity index is 2.27. The van der Waals surface area contributed by atoms with E-state index in [1.54, 1.807) is 0 Å². The SMILES string of the molecule is CC1=CCC(CCCO)=CC1. The minimum atomic E-state index is 0.319. The fourth-order valence-electron chi connectivity index (χ4n) is 1.29. The fraction of sp³-hybridized carbons (Fsp3) is 0.600. The summed E-state index contributed by atoms with van der Waals surface area (Å²) in [6, 6.07) is 0. The monoisotopic (exact) mass is 152 g/mol. The van der Waals surface area contributed by atoms with E-state index >= 15 is 0 Å². The highest BCUT2D eigenvalue weighted by Crippen LogP contribution is 2.19. The quantitative estimate of drug-likeness (QED) is 0.616. The summed E-state index contributed by atoms with van der Waals surface area (Å²) in [6.07, 6.45) is 8.78. The van der Waals surface area contributed by atoms with Crippen molar-refractivity contribution >= 4 is 0 Å². The molecule has 0 amide bonds. The van der Waals surface area contributed by atoms with Gasteiger partial charge in [-0.05, 0) is 32.6 Å². The maximum absolute atomic E-state index is 8.61. The molecule has 0 atom stereocenters. The molecule has 0 aromatic rings. The van der Waals surface area contributed by atoms with E-state index in [9.17, 15) is 0 Å². The van der Waals surface area contributed by atoms with Crippen molar-refractivity contribution in [1.82, 2.24) is 0 Å². The Labute approximate surface area is 68.4 Å². The second kappa shape index (κ2) is 4.35. The zero-order chi connectivity index (χ0) is 8.10. The molecule has 1 N–H and O–H groups in total. The number of hydrogen-bond acceptors (Lipinski definition) is 1. The summed E-state index contributed by atoms with van der Waals surface area (Å²) < 4.78 is 0. The molecule has 0 spiro atoms. The van der Waals surface area contributed by atoms with Gasteiger partial charge >= 0.3 is 0 Å². The normalized spacial score (nSPS) is 17.6. The van der Waals surface area contributed by atoms with Gasteiger partial charge in [-0.1, -0.05) is 23.3 Å². The lowest BCUT2D eigenvalue weighted by Gasteiger charge is -2.10. The maximum Gasteiger partial charge on any atom is 0.0434 e. The van der Waals surface area contributed by atoms with E-state index in [4.69, 9.17) is 5.11 Å². The van der Waals surface area contributed by atoms with E-state index in [0.29, 0.717) is 6.61 Å². The highest BCUT2D eigenvalue weighted by molar-refractivity contribution is 5.19. The van der Waals surface area contributed by atoms with Crippen LogP contribution in [0.25, 0.3) is 0 Å². The number of aliphatic hydroxyl groups is 1. The lowest BCUT2D eigenvalue weighted by molar-refractivity contribution is 0.288. The van der Waals surface area contributed by atoms with Gasteiger partial charge in [0, 0.05) is 6.61 Å². The van der Waals surface area contributed by atoms with Crippen molar-refractivity contribution in [2.24, 2.45) is 0 Å². The van der Waals surface area contributed by atoms with Crippen LogP contribution in [-0.4, -0.2) is 11.7 Å². The molecule has 0 aliphatic heterocycles. The van der Waals surface area contributed by atoms with Gasteiger partial charge in [-0.25, -0.2) is 0 Å². The third kappa shape index (κ3) is 2.89. The van der Waals surface area contributed by atoms with Crippen molar-refractivity contribution in [2.45, 2.75) is 32.6 Å². The van der Waals surface area contributed by atoms with E-state index in [1.165, 1.54) is 11.1 Å². The van der Waals surface area contributed by atoms with Gasteiger partial charge in [-0.15, -0.1) is 0 Å². The first kappa shape index (κ1) is 8.54. The molecule has 1 heteroatoms. The molecular weight excluding hydrogens is 136 g/mol. The van der Waals surface area contributed by atoms with Gasteiger partial charge in [0.25, 0.3) is 0 Å². The smallest absolute Gasteiger partial charge is 0.0434 e. The Morgan fingerprint density at radius 2 is 2.18 bits per heavy atom. The van der Waals surface area contributed by atoms with Crippen LogP contribution in [0.4, 0.5) is 0 Å². The molecule has 0 radical (unpaired) electrons. The molecule has 1 rings (SSSR count). The first-order valence-corrected chi connectivity index (χ1v) is 4.27. The highest BCUT2D eigenvalue weighted by Gasteiger charge is 2.00. The summed E-state index contributed by atoms with van der Waals surface area (Å²) in [5.41, 5.74) is 2.96. The van der Waals surface area contributed by atoms with Crippen LogP contribution in [0, 0.1) is 0 Å². The molecule has 0 fully saturated rings. The molecule has 1 aliphatic carbocycles. The molecule has 1 aliphatic rings. The lowest BCUT2D eigenvalue weighted by atomic mass is 9.97. The van der Waals surface area contributed by atoms with Crippen molar-refractivity contribution in [2.75, 3.05) is 6.61 Å². The third-order valence-corrected chi connectivity index (χ3v) is 2.08. The first-order valence-electron chi connectivity index (χ1n) is 4.27. The summed E-state index contributed by atoms with van der Waals surface area (Å²) in [5.74, 6) is 0. The van der Waals surface area contributed by atoms with Crippen LogP contribution in [0.1, 0.15) is 32.6 Å². The summed E-state index contributed by atoms with van der Waals surface area (Å²) in [5, 5.41) is 8.61. The Hall–Kier alpha value is -0.560. The van der Waals surface area contributed by atoms with Gasteiger partial charge in [0.1, 0.15) is 0 Å². The van der Waals surface area contributed by atoms with Gasteiger partial charge < -0.3 is 5.11 Å². The number of allylic oxidation sites excluding steroid dienone is 4. The van der Waals surface area contributed by atoms with Gasteiger partial charge in [0.15, 0.2) is 0 Å². The van der Waals surface area contributed by atoms with Crippen LogP contribution in [0.3, 0.4) is 0 Å². The van der Waals surface area contributed by atoms with E-state index in [1.807, 2.05) is 0 Å². The Kier molecular flexibility index (Phi) is 3.37.